The normalized spacial score (nSPS) is 10.8. The average Bonchev–Trinajstić information content (AvgIpc) is 1.98. The lowest BCUT2D eigenvalue weighted by Crippen LogP contribution is -1.84. The van der Waals surface area contributed by atoms with Crippen molar-refractivity contribution >= 4 is 17.7 Å². The lowest BCUT2D eigenvalue weighted by molar-refractivity contribution is 1.19. The predicted octanol–water partition coefficient (Wildman–Crippen LogP) is 3.08. The molecule has 0 unspecified atom stereocenters. The molecule has 0 fully saturated rings. The van der Waals surface area contributed by atoms with E-state index in [2.05, 4.69) is 4.98 Å². The summed E-state index contributed by atoms with van der Waals surface area (Å²) in [7, 11) is 0. The summed E-state index contributed by atoms with van der Waals surface area (Å²) in [5, 5.41) is 0.684. The standard InChI is InChI=1S/C9H10ClN/c1-3-4-8-5-9(10)6-11-7(8)2/h3-6H,1-2H3/b4-3-. The Kier molecular flexibility index (Phi) is 2.66. The Labute approximate surface area is 71.7 Å². The number of hydrogen-bond donors (Lipinski definition) is 0. The first kappa shape index (κ1) is 8.28. The molecule has 58 valence electrons. The first-order valence-electron chi connectivity index (χ1n) is 3.49. The smallest absolute Gasteiger partial charge is 0.0595 e. The van der Waals surface area contributed by atoms with E-state index in [1.54, 1.807) is 6.20 Å². The van der Waals surface area contributed by atoms with Crippen LogP contribution in [-0.2, 0) is 0 Å². The molecule has 0 bridgehead atoms. The molecule has 0 N–H and O–H groups in total. The van der Waals surface area contributed by atoms with Crippen LogP contribution in [0.2, 0.25) is 5.02 Å². The molecule has 0 saturated carbocycles. The van der Waals surface area contributed by atoms with E-state index >= 15 is 0 Å². The molecular formula is C9H10ClN. The molecule has 0 radical (unpaired) electrons. The molecule has 11 heavy (non-hydrogen) atoms. The highest BCUT2D eigenvalue weighted by molar-refractivity contribution is 6.30. The Morgan fingerprint density at radius 2 is 2.27 bits per heavy atom. The summed E-state index contributed by atoms with van der Waals surface area (Å²) in [5.41, 5.74) is 2.09. The average molecular weight is 168 g/mol. The number of rotatable bonds is 1. The number of aromatic nitrogens is 1. The first-order chi connectivity index (χ1) is 5.24. The molecule has 1 aromatic rings. The highest BCUT2D eigenvalue weighted by atomic mass is 35.5. The molecule has 0 aliphatic heterocycles. The first-order valence-corrected chi connectivity index (χ1v) is 3.86. The van der Waals surface area contributed by atoms with E-state index in [0.717, 1.165) is 11.3 Å². The Hall–Kier alpha value is -0.820. The summed E-state index contributed by atoms with van der Waals surface area (Å²) < 4.78 is 0. The lowest BCUT2D eigenvalue weighted by atomic mass is 10.2. The second kappa shape index (κ2) is 3.54. The molecule has 1 rings (SSSR count). The highest BCUT2D eigenvalue weighted by Crippen LogP contribution is 2.13. The highest BCUT2D eigenvalue weighted by Gasteiger charge is 1.95. The molecule has 0 atom stereocenters. The summed E-state index contributed by atoms with van der Waals surface area (Å²) in [4.78, 5) is 4.11. The zero-order chi connectivity index (χ0) is 8.27. The van der Waals surface area contributed by atoms with E-state index in [1.807, 2.05) is 32.1 Å². The maximum atomic E-state index is 5.76. The molecule has 0 saturated heterocycles. The molecule has 1 heterocycles. The van der Waals surface area contributed by atoms with Crippen molar-refractivity contribution in [3.63, 3.8) is 0 Å². The largest absolute Gasteiger partial charge is 0.259 e. The zero-order valence-corrected chi connectivity index (χ0v) is 7.39. The minimum Gasteiger partial charge on any atom is -0.259 e. The summed E-state index contributed by atoms with van der Waals surface area (Å²) in [6.07, 6.45) is 5.62. The third-order valence-corrected chi connectivity index (χ3v) is 1.65. The number of halogens is 1. The Balaban J connectivity index is 3.12. The van der Waals surface area contributed by atoms with Gasteiger partial charge in [0.1, 0.15) is 0 Å². The van der Waals surface area contributed by atoms with E-state index in [0.29, 0.717) is 5.02 Å². The van der Waals surface area contributed by atoms with Crippen molar-refractivity contribution < 1.29 is 0 Å². The molecule has 0 aliphatic carbocycles. The van der Waals surface area contributed by atoms with E-state index in [9.17, 15) is 0 Å². The van der Waals surface area contributed by atoms with Crippen molar-refractivity contribution in [2.24, 2.45) is 0 Å². The Morgan fingerprint density at radius 3 is 2.91 bits per heavy atom. The van der Waals surface area contributed by atoms with Crippen LogP contribution < -0.4 is 0 Å². The Bertz CT molecular complexity index is 279. The van der Waals surface area contributed by atoms with Gasteiger partial charge >= 0.3 is 0 Å². The minimum atomic E-state index is 0.684. The number of allylic oxidation sites excluding steroid dienone is 1. The molecule has 1 nitrogen and oxygen atoms in total. The van der Waals surface area contributed by atoms with Crippen LogP contribution >= 0.6 is 11.6 Å². The number of nitrogens with zero attached hydrogens (tertiary/aromatic N) is 1. The Morgan fingerprint density at radius 1 is 1.55 bits per heavy atom. The van der Waals surface area contributed by atoms with Gasteiger partial charge in [-0.25, -0.2) is 0 Å². The van der Waals surface area contributed by atoms with Crippen molar-refractivity contribution in [2.45, 2.75) is 13.8 Å². The van der Waals surface area contributed by atoms with Crippen LogP contribution in [0.4, 0.5) is 0 Å². The maximum Gasteiger partial charge on any atom is 0.0595 e. The summed E-state index contributed by atoms with van der Waals surface area (Å²) in [5.74, 6) is 0. The van der Waals surface area contributed by atoms with Gasteiger partial charge in [-0.15, -0.1) is 0 Å². The lowest BCUT2D eigenvalue weighted by Gasteiger charge is -1.98. The van der Waals surface area contributed by atoms with Crippen molar-refractivity contribution in [3.05, 3.63) is 34.6 Å². The van der Waals surface area contributed by atoms with Gasteiger partial charge in [-0.05, 0) is 25.5 Å². The van der Waals surface area contributed by atoms with Gasteiger partial charge in [0, 0.05) is 11.9 Å². The maximum absolute atomic E-state index is 5.76. The van der Waals surface area contributed by atoms with Crippen molar-refractivity contribution in [3.8, 4) is 0 Å². The van der Waals surface area contributed by atoms with Gasteiger partial charge in [0.05, 0.1) is 5.02 Å². The number of hydrogen-bond acceptors (Lipinski definition) is 1. The zero-order valence-electron chi connectivity index (χ0n) is 6.63. The monoisotopic (exact) mass is 167 g/mol. The third-order valence-electron chi connectivity index (χ3n) is 1.44. The quantitative estimate of drug-likeness (QED) is 0.627. The predicted molar refractivity (Wildman–Crippen MR) is 48.7 cm³/mol. The fraction of sp³-hybridized carbons (Fsp3) is 0.222. The minimum absolute atomic E-state index is 0.684. The molecule has 0 aliphatic rings. The summed E-state index contributed by atoms with van der Waals surface area (Å²) >= 11 is 5.76. The van der Waals surface area contributed by atoms with Crippen LogP contribution in [0.3, 0.4) is 0 Å². The molecule has 0 amide bonds. The van der Waals surface area contributed by atoms with E-state index in [-0.39, 0.29) is 0 Å². The van der Waals surface area contributed by atoms with Gasteiger partial charge in [-0.1, -0.05) is 23.8 Å². The summed E-state index contributed by atoms with van der Waals surface area (Å²) in [6, 6.07) is 1.91. The van der Waals surface area contributed by atoms with Crippen LogP contribution in [-0.4, -0.2) is 4.98 Å². The van der Waals surface area contributed by atoms with Gasteiger partial charge in [0.25, 0.3) is 0 Å². The molecular weight excluding hydrogens is 158 g/mol. The van der Waals surface area contributed by atoms with E-state index in [1.165, 1.54) is 0 Å². The molecule has 0 aromatic carbocycles. The van der Waals surface area contributed by atoms with Gasteiger partial charge in [-0.2, -0.15) is 0 Å². The second-order valence-corrected chi connectivity index (χ2v) is 2.76. The van der Waals surface area contributed by atoms with Gasteiger partial charge in [0.15, 0.2) is 0 Å². The topological polar surface area (TPSA) is 12.9 Å². The van der Waals surface area contributed by atoms with Crippen LogP contribution in [0.1, 0.15) is 18.2 Å². The van der Waals surface area contributed by atoms with E-state index < -0.39 is 0 Å². The fourth-order valence-corrected chi connectivity index (χ4v) is 1.04. The molecule has 0 spiro atoms. The summed E-state index contributed by atoms with van der Waals surface area (Å²) in [6.45, 7) is 3.94. The van der Waals surface area contributed by atoms with E-state index in [4.69, 9.17) is 11.6 Å². The second-order valence-electron chi connectivity index (χ2n) is 2.33. The SMILES string of the molecule is C/C=C\c1cc(Cl)cnc1C. The number of aryl methyl sites for hydroxylation is 1. The van der Waals surface area contributed by atoms with Crippen molar-refractivity contribution in [2.75, 3.05) is 0 Å². The van der Waals surface area contributed by atoms with Crippen LogP contribution in [0.15, 0.2) is 18.3 Å². The third kappa shape index (κ3) is 2.05. The van der Waals surface area contributed by atoms with Gasteiger partial charge < -0.3 is 0 Å². The molecule has 2 heteroatoms. The van der Waals surface area contributed by atoms with Gasteiger partial charge in [-0.3, -0.25) is 4.98 Å². The molecule has 1 aromatic heterocycles. The number of pyridine rings is 1. The van der Waals surface area contributed by atoms with Crippen LogP contribution in [0.25, 0.3) is 6.08 Å². The van der Waals surface area contributed by atoms with Crippen LogP contribution in [0, 0.1) is 6.92 Å². The van der Waals surface area contributed by atoms with Gasteiger partial charge in [0.2, 0.25) is 0 Å². The fourth-order valence-electron chi connectivity index (χ4n) is 0.872. The van der Waals surface area contributed by atoms with Crippen molar-refractivity contribution in [1.82, 2.24) is 4.98 Å². The van der Waals surface area contributed by atoms with Crippen molar-refractivity contribution in [1.29, 1.82) is 0 Å². The van der Waals surface area contributed by atoms with Crippen LogP contribution in [0.5, 0.6) is 0 Å².